The Labute approximate surface area is 108 Å². The van der Waals surface area contributed by atoms with E-state index in [0.29, 0.717) is 0 Å². The number of halogens is 1. The monoisotopic (exact) mass is 343 g/mol. The smallest absolute Gasteiger partial charge is 0.282 e. The summed E-state index contributed by atoms with van der Waals surface area (Å²) >= 11 is 3.01. The van der Waals surface area contributed by atoms with Crippen molar-refractivity contribution in [2.45, 2.75) is 16.7 Å². The maximum Gasteiger partial charge on any atom is 0.294 e. The van der Waals surface area contributed by atoms with Crippen LogP contribution in [0.4, 0.5) is 0 Å². The minimum Gasteiger partial charge on any atom is -0.282 e. The van der Waals surface area contributed by atoms with Gasteiger partial charge in [-0.2, -0.15) is 8.42 Å². The topological polar surface area (TPSA) is 101 Å². The van der Waals surface area contributed by atoms with Crippen LogP contribution in [0.5, 0.6) is 0 Å². The van der Waals surface area contributed by atoms with Crippen LogP contribution in [0.1, 0.15) is 6.92 Å². The highest BCUT2D eigenvalue weighted by atomic mass is 79.9. The van der Waals surface area contributed by atoms with Gasteiger partial charge in [0, 0.05) is 11.0 Å². The standard InChI is InChI=1S/C8H10BrNO5S2/c1-2-10-16(11,12)8-5-6(17(13,14)15)3-4-7(8)9/h3-5,10H,2H2,1H3,(H,13,14,15). The summed E-state index contributed by atoms with van der Waals surface area (Å²) in [5.41, 5.74) is 0. The van der Waals surface area contributed by atoms with E-state index in [4.69, 9.17) is 4.55 Å². The predicted molar refractivity (Wildman–Crippen MR) is 64.8 cm³/mol. The molecule has 9 heteroatoms. The lowest BCUT2D eigenvalue weighted by Crippen LogP contribution is -2.23. The largest absolute Gasteiger partial charge is 0.294 e. The molecule has 0 atom stereocenters. The summed E-state index contributed by atoms with van der Waals surface area (Å²) in [5.74, 6) is 0. The van der Waals surface area contributed by atoms with Gasteiger partial charge in [-0.3, -0.25) is 4.55 Å². The molecular weight excluding hydrogens is 334 g/mol. The summed E-state index contributed by atoms with van der Waals surface area (Å²) in [6.07, 6.45) is 0. The summed E-state index contributed by atoms with van der Waals surface area (Å²) in [5, 5.41) is 0. The van der Waals surface area contributed by atoms with Crippen LogP contribution >= 0.6 is 15.9 Å². The Bertz CT molecular complexity index is 623. The molecule has 0 saturated heterocycles. The maximum absolute atomic E-state index is 11.7. The van der Waals surface area contributed by atoms with Crippen LogP contribution in [-0.2, 0) is 20.1 Å². The quantitative estimate of drug-likeness (QED) is 0.794. The number of sulfonamides is 1. The molecule has 0 spiro atoms. The molecule has 0 aliphatic rings. The van der Waals surface area contributed by atoms with Crippen molar-refractivity contribution in [1.82, 2.24) is 4.72 Å². The van der Waals surface area contributed by atoms with Gasteiger partial charge in [0.2, 0.25) is 10.0 Å². The van der Waals surface area contributed by atoms with E-state index < -0.39 is 25.0 Å². The first-order chi connectivity index (χ1) is 7.68. The van der Waals surface area contributed by atoms with Gasteiger partial charge in [-0.25, -0.2) is 13.1 Å². The lowest BCUT2D eigenvalue weighted by atomic mass is 10.4. The van der Waals surface area contributed by atoms with Crippen LogP contribution in [0.25, 0.3) is 0 Å². The third-order valence-corrected chi connectivity index (χ3v) is 5.21. The zero-order valence-electron chi connectivity index (χ0n) is 8.71. The molecule has 2 N–H and O–H groups in total. The molecule has 1 aromatic carbocycles. The van der Waals surface area contributed by atoms with E-state index >= 15 is 0 Å². The van der Waals surface area contributed by atoms with E-state index in [1.807, 2.05) is 0 Å². The molecule has 0 saturated carbocycles. The molecule has 1 rings (SSSR count). The van der Waals surface area contributed by atoms with E-state index in [-0.39, 0.29) is 15.9 Å². The van der Waals surface area contributed by atoms with Gasteiger partial charge in [-0.15, -0.1) is 0 Å². The summed E-state index contributed by atoms with van der Waals surface area (Å²) in [4.78, 5) is -0.716. The molecule has 0 radical (unpaired) electrons. The van der Waals surface area contributed by atoms with Gasteiger partial charge in [0.25, 0.3) is 10.1 Å². The van der Waals surface area contributed by atoms with Gasteiger partial charge in [-0.05, 0) is 34.1 Å². The average molecular weight is 344 g/mol. The lowest BCUT2D eigenvalue weighted by molar-refractivity contribution is 0.483. The maximum atomic E-state index is 11.7. The fourth-order valence-corrected chi connectivity index (χ4v) is 3.73. The summed E-state index contributed by atoms with van der Waals surface area (Å²) < 4.78 is 56.5. The Morgan fingerprint density at radius 1 is 1.29 bits per heavy atom. The highest BCUT2D eigenvalue weighted by molar-refractivity contribution is 9.10. The fraction of sp³-hybridized carbons (Fsp3) is 0.250. The Kier molecular flexibility index (Phi) is 4.31. The van der Waals surface area contributed by atoms with Crippen LogP contribution in [-0.4, -0.2) is 27.9 Å². The normalized spacial score (nSPS) is 12.6. The fourth-order valence-electron chi connectivity index (χ4n) is 1.12. The molecule has 0 bridgehead atoms. The van der Waals surface area contributed by atoms with Gasteiger partial charge in [0.05, 0.1) is 9.79 Å². The first-order valence-electron chi connectivity index (χ1n) is 4.45. The third kappa shape index (κ3) is 3.49. The molecule has 6 nitrogen and oxygen atoms in total. The summed E-state index contributed by atoms with van der Waals surface area (Å²) in [6, 6.07) is 3.23. The highest BCUT2D eigenvalue weighted by Gasteiger charge is 2.20. The second-order valence-electron chi connectivity index (χ2n) is 3.07. The highest BCUT2D eigenvalue weighted by Crippen LogP contribution is 2.24. The predicted octanol–water partition coefficient (Wildman–Crippen LogP) is 0.994. The zero-order chi connectivity index (χ0) is 13.3. The Balaban J connectivity index is 3.45. The van der Waals surface area contributed by atoms with E-state index in [1.165, 1.54) is 6.07 Å². The van der Waals surface area contributed by atoms with Crippen molar-refractivity contribution in [3.05, 3.63) is 22.7 Å². The Morgan fingerprint density at radius 2 is 1.88 bits per heavy atom. The van der Waals surface area contributed by atoms with Gasteiger partial charge in [-0.1, -0.05) is 6.92 Å². The van der Waals surface area contributed by atoms with Crippen molar-refractivity contribution < 1.29 is 21.4 Å². The van der Waals surface area contributed by atoms with Gasteiger partial charge < -0.3 is 0 Å². The van der Waals surface area contributed by atoms with Crippen LogP contribution in [0.3, 0.4) is 0 Å². The Hall–Kier alpha value is -0.480. The van der Waals surface area contributed by atoms with Crippen molar-refractivity contribution in [3.63, 3.8) is 0 Å². The van der Waals surface area contributed by atoms with Crippen molar-refractivity contribution in [2.75, 3.05) is 6.54 Å². The number of nitrogens with one attached hydrogen (secondary N) is 1. The van der Waals surface area contributed by atoms with Gasteiger partial charge in [0.1, 0.15) is 0 Å². The third-order valence-electron chi connectivity index (χ3n) is 1.82. The van der Waals surface area contributed by atoms with Crippen LogP contribution in [0, 0.1) is 0 Å². The molecule has 96 valence electrons. The molecule has 17 heavy (non-hydrogen) atoms. The van der Waals surface area contributed by atoms with Crippen LogP contribution in [0.15, 0.2) is 32.5 Å². The zero-order valence-corrected chi connectivity index (χ0v) is 11.9. The van der Waals surface area contributed by atoms with E-state index in [2.05, 4.69) is 20.7 Å². The van der Waals surface area contributed by atoms with Gasteiger partial charge >= 0.3 is 0 Å². The number of benzene rings is 1. The van der Waals surface area contributed by atoms with E-state index in [9.17, 15) is 16.8 Å². The lowest BCUT2D eigenvalue weighted by Gasteiger charge is -2.07. The molecular formula is C8H10BrNO5S2. The van der Waals surface area contributed by atoms with E-state index in [1.54, 1.807) is 6.92 Å². The molecule has 0 aliphatic carbocycles. The van der Waals surface area contributed by atoms with Crippen molar-refractivity contribution in [2.24, 2.45) is 0 Å². The minimum atomic E-state index is -4.43. The number of hydrogen-bond acceptors (Lipinski definition) is 4. The van der Waals surface area contributed by atoms with Crippen molar-refractivity contribution >= 4 is 36.1 Å². The van der Waals surface area contributed by atoms with Crippen molar-refractivity contribution in [3.8, 4) is 0 Å². The summed E-state index contributed by atoms with van der Waals surface area (Å²) in [7, 11) is -8.23. The Morgan fingerprint density at radius 3 is 2.35 bits per heavy atom. The average Bonchev–Trinajstić information content (AvgIpc) is 2.15. The first kappa shape index (κ1) is 14.6. The molecule has 0 aromatic heterocycles. The molecule has 0 aliphatic heterocycles. The second kappa shape index (κ2) is 5.02. The van der Waals surface area contributed by atoms with E-state index in [0.717, 1.165) is 12.1 Å². The van der Waals surface area contributed by atoms with Gasteiger partial charge in [0.15, 0.2) is 0 Å². The number of rotatable bonds is 4. The van der Waals surface area contributed by atoms with Crippen LogP contribution < -0.4 is 4.72 Å². The molecule has 0 unspecified atom stereocenters. The molecule has 1 aromatic rings. The SMILES string of the molecule is CCNS(=O)(=O)c1cc(S(=O)(=O)O)ccc1Br. The minimum absolute atomic E-state index is 0.172. The molecule has 0 fully saturated rings. The molecule has 0 amide bonds. The summed E-state index contributed by atoms with van der Waals surface area (Å²) in [6.45, 7) is 1.77. The van der Waals surface area contributed by atoms with Crippen molar-refractivity contribution in [1.29, 1.82) is 0 Å². The van der Waals surface area contributed by atoms with Crippen LogP contribution in [0.2, 0.25) is 0 Å². The second-order valence-corrected chi connectivity index (χ2v) is 7.08. The first-order valence-corrected chi connectivity index (χ1v) is 8.17. The molecule has 0 heterocycles. The number of hydrogen-bond donors (Lipinski definition) is 2.